The first kappa shape index (κ1) is 21.6. The average Bonchev–Trinajstić information content (AvgIpc) is 3.14. The number of benzene rings is 2. The van der Waals surface area contributed by atoms with Gasteiger partial charge >= 0.3 is 0 Å². The Kier molecular flexibility index (Phi) is 6.25. The maximum Gasteiger partial charge on any atom is 0.254 e. The van der Waals surface area contributed by atoms with Gasteiger partial charge in [0.05, 0.1) is 22.5 Å². The molecule has 3 aromatic rings. The number of carbonyl (C=O) groups is 3. The van der Waals surface area contributed by atoms with Crippen molar-refractivity contribution in [2.45, 2.75) is 45.7 Å². The molecule has 0 unspecified atom stereocenters. The van der Waals surface area contributed by atoms with Gasteiger partial charge in [0.25, 0.3) is 5.91 Å². The van der Waals surface area contributed by atoms with Crippen LogP contribution in [0.3, 0.4) is 0 Å². The van der Waals surface area contributed by atoms with Gasteiger partial charge in [0.2, 0.25) is 11.8 Å². The summed E-state index contributed by atoms with van der Waals surface area (Å²) in [6, 6.07) is 14.0. The van der Waals surface area contributed by atoms with Crippen LogP contribution in [0.5, 0.6) is 0 Å². The van der Waals surface area contributed by atoms with Crippen LogP contribution in [0.15, 0.2) is 54.7 Å². The summed E-state index contributed by atoms with van der Waals surface area (Å²) in [5.74, 6) is -0.224. The third-order valence-electron chi connectivity index (χ3n) is 5.75. The topological polar surface area (TPSA) is 92.2 Å². The molecule has 1 aromatic heterocycles. The van der Waals surface area contributed by atoms with Crippen molar-refractivity contribution in [2.24, 2.45) is 5.92 Å². The first-order valence-electron chi connectivity index (χ1n) is 11.0. The molecule has 0 fully saturated rings. The van der Waals surface area contributed by atoms with Crippen LogP contribution < -0.4 is 16.0 Å². The predicted molar refractivity (Wildman–Crippen MR) is 126 cm³/mol. The highest BCUT2D eigenvalue weighted by atomic mass is 16.2. The van der Waals surface area contributed by atoms with Gasteiger partial charge in [0.1, 0.15) is 6.04 Å². The molecule has 0 saturated carbocycles. The second-order valence-electron chi connectivity index (χ2n) is 8.58. The average molecular weight is 433 g/mol. The highest BCUT2D eigenvalue weighted by Gasteiger charge is 2.27. The molecule has 1 aliphatic heterocycles. The van der Waals surface area contributed by atoms with Crippen molar-refractivity contribution in [2.75, 3.05) is 10.6 Å². The van der Waals surface area contributed by atoms with Crippen LogP contribution in [0.4, 0.5) is 11.4 Å². The molecular formula is C25H28N4O3. The first-order valence-corrected chi connectivity index (χ1v) is 11.0. The highest BCUT2D eigenvalue weighted by molar-refractivity contribution is 6.10. The maximum absolute atomic E-state index is 12.7. The first-order chi connectivity index (χ1) is 15.4. The van der Waals surface area contributed by atoms with Crippen molar-refractivity contribution in [3.05, 3.63) is 60.3 Å². The van der Waals surface area contributed by atoms with E-state index in [-0.39, 0.29) is 30.6 Å². The second kappa shape index (κ2) is 9.26. The van der Waals surface area contributed by atoms with E-state index in [4.69, 9.17) is 0 Å². The zero-order valence-corrected chi connectivity index (χ0v) is 18.4. The number of nitrogens with one attached hydrogen (secondary N) is 3. The molecule has 4 rings (SSSR count). The minimum Gasteiger partial charge on any atom is -0.347 e. The lowest BCUT2D eigenvalue weighted by molar-refractivity contribution is -0.118. The minimum absolute atomic E-state index is 0.110. The molecule has 0 aliphatic carbocycles. The minimum atomic E-state index is -0.770. The van der Waals surface area contributed by atoms with Crippen LogP contribution in [0.25, 0.3) is 10.9 Å². The Morgan fingerprint density at radius 3 is 2.72 bits per heavy atom. The number of aromatic nitrogens is 1. The van der Waals surface area contributed by atoms with E-state index in [0.29, 0.717) is 17.2 Å². The number of rotatable bonds is 7. The summed E-state index contributed by atoms with van der Waals surface area (Å²) in [6.45, 7) is 5.33. The summed E-state index contributed by atoms with van der Waals surface area (Å²) >= 11 is 0. The molecule has 0 radical (unpaired) electrons. The summed E-state index contributed by atoms with van der Waals surface area (Å²) in [5.41, 5.74) is 2.73. The third kappa shape index (κ3) is 4.66. The lowest BCUT2D eigenvalue weighted by Gasteiger charge is -2.14. The second-order valence-corrected chi connectivity index (χ2v) is 8.58. The van der Waals surface area contributed by atoms with Crippen molar-refractivity contribution < 1.29 is 14.4 Å². The van der Waals surface area contributed by atoms with Gasteiger partial charge in [-0.15, -0.1) is 0 Å². The molecule has 0 bridgehead atoms. The molecule has 3 amide bonds. The van der Waals surface area contributed by atoms with E-state index in [1.54, 1.807) is 24.3 Å². The lowest BCUT2D eigenvalue weighted by Crippen LogP contribution is -2.41. The number of anilines is 2. The summed E-state index contributed by atoms with van der Waals surface area (Å²) in [5, 5.41) is 9.44. The SMILES string of the molecule is CC(C)CCn1ccc2c(NC(=O)CC[C@@H]3NC(=O)c4ccccc4NC3=O)cccc21. The number of carbonyl (C=O) groups excluding carboxylic acids is 3. The number of amides is 3. The molecular weight excluding hydrogens is 404 g/mol. The smallest absolute Gasteiger partial charge is 0.254 e. The summed E-state index contributed by atoms with van der Waals surface area (Å²) in [4.78, 5) is 37.6. The third-order valence-corrected chi connectivity index (χ3v) is 5.75. The summed E-state index contributed by atoms with van der Waals surface area (Å²) < 4.78 is 2.20. The van der Waals surface area contributed by atoms with Crippen LogP contribution in [-0.4, -0.2) is 28.3 Å². The number of fused-ring (bicyclic) bond motifs is 2. The molecule has 0 saturated heterocycles. The monoisotopic (exact) mass is 432 g/mol. The van der Waals surface area contributed by atoms with Gasteiger partial charge in [-0.25, -0.2) is 0 Å². The van der Waals surface area contributed by atoms with Crippen molar-refractivity contribution in [1.82, 2.24) is 9.88 Å². The number of aryl methyl sites for hydroxylation is 1. The van der Waals surface area contributed by atoms with Crippen LogP contribution >= 0.6 is 0 Å². The molecule has 7 heteroatoms. The Morgan fingerprint density at radius 2 is 1.91 bits per heavy atom. The Bertz CT molecular complexity index is 1160. The van der Waals surface area contributed by atoms with Crippen LogP contribution in [0.1, 0.15) is 43.5 Å². The fraction of sp³-hybridized carbons (Fsp3) is 0.320. The van der Waals surface area contributed by atoms with Gasteiger partial charge in [-0.3, -0.25) is 14.4 Å². The fourth-order valence-electron chi connectivity index (χ4n) is 3.93. The molecule has 2 aromatic carbocycles. The van der Waals surface area contributed by atoms with Crippen molar-refractivity contribution in [3.63, 3.8) is 0 Å². The van der Waals surface area contributed by atoms with E-state index < -0.39 is 6.04 Å². The zero-order valence-electron chi connectivity index (χ0n) is 18.4. The lowest BCUT2D eigenvalue weighted by atomic mass is 10.1. The van der Waals surface area contributed by atoms with Gasteiger partial charge in [-0.05, 0) is 49.1 Å². The number of para-hydroxylation sites is 1. The molecule has 1 aliphatic rings. The summed E-state index contributed by atoms with van der Waals surface area (Å²) in [6.07, 6.45) is 3.45. The Morgan fingerprint density at radius 1 is 1.09 bits per heavy atom. The molecule has 166 valence electrons. The van der Waals surface area contributed by atoms with E-state index in [1.165, 1.54) is 0 Å². The quantitative estimate of drug-likeness (QED) is 0.524. The van der Waals surface area contributed by atoms with Gasteiger partial charge in [-0.1, -0.05) is 32.0 Å². The van der Waals surface area contributed by atoms with Crippen LogP contribution in [0, 0.1) is 5.92 Å². The Labute approximate surface area is 187 Å². The number of nitrogens with zero attached hydrogens (tertiary/aromatic N) is 1. The van der Waals surface area contributed by atoms with E-state index >= 15 is 0 Å². The van der Waals surface area contributed by atoms with Gasteiger partial charge in [-0.2, -0.15) is 0 Å². The highest BCUT2D eigenvalue weighted by Crippen LogP contribution is 2.26. The van der Waals surface area contributed by atoms with E-state index in [2.05, 4.69) is 34.4 Å². The molecule has 7 nitrogen and oxygen atoms in total. The molecule has 32 heavy (non-hydrogen) atoms. The molecule has 0 spiro atoms. The maximum atomic E-state index is 12.7. The number of hydrogen-bond acceptors (Lipinski definition) is 3. The van der Waals surface area contributed by atoms with Gasteiger partial charge in [0, 0.05) is 24.5 Å². The van der Waals surface area contributed by atoms with Gasteiger partial charge < -0.3 is 20.5 Å². The van der Waals surface area contributed by atoms with Crippen molar-refractivity contribution in [1.29, 1.82) is 0 Å². The summed E-state index contributed by atoms with van der Waals surface area (Å²) in [7, 11) is 0. The largest absolute Gasteiger partial charge is 0.347 e. The number of hydrogen-bond donors (Lipinski definition) is 3. The predicted octanol–water partition coefficient (Wildman–Crippen LogP) is 4.16. The standard InChI is InChI=1S/C25H28N4O3/c1-16(2)12-14-29-15-13-17-19(8-5-9-22(17)29)26-23(30)11-10-21-25(32)27-20-7-4-3-6-18(20)24(31)28-21/h3-9,13,15-16,21H,10-12,14H2,1-2H3,(H,26,30)(H,27,32)(H,28,31)/t21-/m0/s1. The van der Waals surface area contributed by atoms with Crippen LogP contribution in [-0.2, 0) is 16.1 Å². The van der Waals surface area contributed by atoms with Crippen molar-refractivity contribution in [3.8, 4) is 0 Å². The van der Waals surface area contributed by atoms with Gasteiger partial charge in [0.15, 0.2) is 0 Å². The fourth-order valence-corrected chi connectivity index (χ4v) is 3.93. The molecule has 2 heterocycles. The van der Waals surface area contributed by atoms with Crippen LogP contribution in [0.2, 0.25) is 0 Å². The zero-order chi connectivity index (χ0) is 22.7. The van der Waals surface area contributed by atoms with Crippen molar-refractivity contribution >= 4 is 40.0 Å². The molecule has 1 atom stereocenters. The van der Waals surface area contributed by atoms with E-state index in [9.17, 15) is 14.4 Å². The Balaban J connectivity index is 1.40. The molecule has 3 N–H and O–H groups in total. The normalized spacial score (nSPS) is 15.8. The van der Waals surface area contributed by atoms with E-state index in [1.807, 2.05) is 30.5 Å². The Hall–Kier alpha value is -3.61. The van der Waals surface area contributed by atoms with E-state index in [0.717, 1.165) is 29.6 Å².